The molecule has 0 fully saturated rings. The van der Waals surface area contributed by atoms with Crippen LogP contribution in [0.15, 0.2) is 0 Å². The first-order valence-electron chi connectivity index (χ1n) is 5.21. The van der Waals surface area contributed by atoms with E-state index in [-0.39, 0.29) is 5.78 Å². The van der Waals surface area contributed by atoms with Crippen molar-refractivity contribution in [3.8, 4) is 5.75 Å². The SMILES string of the molecule is COc1c(C)c(C)c(Cl)c(C)c1CC(C)=O. The van der Waals surface area contributed by atoms with E-state index in [4.69, 9.17) is 16.3 Å². The maximum atomic E-state index is 11.2. The summed E-state index contributed by atoms with van der Waals surface area (Å²) >= 11 is 6.23. The smallest absolute Gasteiger partial charge is 0.134 e. The summed E-state index contributed by atoms with van der Waals surface area (Å²) < 4.78 is 5.38. The number of methoxy groups -OCH3 is 1. The molecule has 0 heterocycles. The van der Waals surface area contributed by atoms with Crippen molar-refractivity contribution < 1.29 is 9.53 Å². The molecule has 0 bridgehead atoms. The summed E-state index contributed by atoms with van der Waals surface area (Å²) in [6, 6.07) is 0. The fourth-order valence-electron chi connectivity index (χ4n) is 1.88. The van der Waals surface area contributed by atoms with Crippen LogP contribution in [0.4, 0.5) is 0 Å². The van der Waals surface area contributed by atoms with Crippen molar-refractivity contribution in [1.82, 2.24) is 0 Å². The maximum absolute atomic E-state index is 11.2. The van der Waals surface area contributed by atoms with Crippen LogP contribution >= 0.6 is 11.6 Å². The highest BCUT2D eigenvalue weighted by Crippen LogP contribution is 2.36. The first-order valence-corrected chi connectivity index (χ1v) is 5.59. The summed E-state index contributed by atoms with van der Waals surface area (Å²) in [7, 11) is 1.62. The zero-order valence-electron chi connectivity index (χ0n) is 10.4. The van der Waals surface area contributed by atoms with Gasteiger partial charge in [-0.3, -0.25) is 4.79 Å². The molecule has 0 radical (unpaired) electrons. The van der Waals surface area contributed by atoms with E-state index in [0.29, 0.717) is 6.42 Å². The van der Waals surface area contributed by atoms with Crippen LogP contribution in [-0.4, -0.2) is 12.9 Å². The second-order valence-corrected chi connectivity index (χ2v) is 4.46. The van der Waals surface area contributed by atoms with Crippen molar-refractivity contribution in [3.63, 3.8) is 0 Å². The molecule has 0 saturated heterocycles. The lowest BCUT2D eigenvalue weighted by Crippen LogP contribution is -2.05. The molecule has 3 heteroatoms. The number of carbonyl (C=O) groups excluding carboxylic acids is 1. The fraction of sp³-hybridized carbons (Fsp3) is 0.462. The second kappa shape index (κ2) is 4.88. The molecule has 0 aromatic heterocycles. The van der Waals surface area contributed by atoms with Crippen molar-refractivity contribution in [3.05, 3.63) is 27.3 Å². The minimum atomic E-state index is 0.112. The van der Waals surface area contributed by atoms with Gasteiger partial charge < -0.3 is 4.74 Å². The average Bonchev–Trinajstić information content (AvgIpc) is 2.23. The number of Topliss-reactive ketones (excluding diaryl/α,β-unsaturated/α-hetero) is 1. The first-order chi connectivity index (χ1) is 7.40. The highest BCUT2D eigenvalue weighted by molar-refractivity contribution is 6.32. The van der Waals surface area contributed by atoms with E-state index in [1.807, 2.05) is 20.8 Å². The Bertz CT molecular complexity index is 436. The Labute approximate surface area is 102 Å². The Morgan fingerprint density at radius 3 is 2.19 bits per heavy atom. The molecule has 16 heavy (non-hydrogen) atoms. The van der Waals surface area contributed by atoms with Gasteiger partial charge in [0.05, 0.1) is 7.11 Å². The highest BCUT2D eigenvalue weighted by atomic mass is 35.5. The summed E-state index contributed by atoms with van der Waals surface area (Å²) in [6.07, 6.45) is 0.371. The lowest BCUT2D eigenvalue weighted by atomic mass is 9.95. The number of ketones is 1. The molecule has 0 atom stereocenters. The average molecular weight is 241 g/mol. The van der Waals surface area contributed by atoms with Crippen LogP contribution in [0.25, 0.3) is 0 Å². The summed E-state index contributed by atoms with van der Waals surface area (Å²) in [5.74, 6) is 0.898. The zero-order valence-corrected chi connectivity index (χ0v) is 11.2. The van der Waals surface area contributed by atoms with Gasteiger partial charge in [-0.05, 0) is 44.4 Å². The molecule has 0 aliphatic carbocycles. The molecule has 0 amide bonds. The molecular formula is C13H17ClO2. The van der Waals surface area contributed by atoms with Crippen LogP contribution in [0.2, 0.25) is 5.02 Å². The Morgan fingerprint density at radius 1 is 1.19 bits per heavy atom. The predicted molar refractivity (Wildman–Crippen MR) is 66.6 cm³/mol. The van der Waals surface area contributed by atoms with E-state index in [1.54, 1.807) is 14.0 Å². The van der Waals surface area contributed by atoms with Gasteiger partial charge in [0.1, 0.15) is 11.5 Å². The number of carbonyl (C=O) groups is 1. The largest absolute Gasteiger partial charge is 0.496 e. The number of hydrogen-bond donors (Lipinski definition) is 0. The molecule has 2 nitrogen and oxygen atoms in total. The van der Waals surface area contributed by atoms with Crippen molar-refractivity contribution in [2.24, 2.45) is 0 Å². The predicted octanol–water partition coefficient (Wildman–Crippen LogP) is 3.41. The van der Waals surface area contributed by atoms with Gasteiger partial charge in [0.25, 0.3) is 0 Å². The van der Waals surface area contributed by atoms with Crippen molar-refractivity contribution in [1.29, 1.82) is 0 Å². The summed E-state index contributed by atoms with van der Waals surface area (Å²) in [5, 5.41) is 0.731. The minimum Gasteiger partial charge on any atom is -0.496 e. The Kier molecular flexibility index (Phi) is 3.98. The van der Waals surface area contributed by atoms with Gasteiger partial charge in [-0.1, -0.05) is 11.6 Å². The summed E-state index contributed by atoms with van der Waals surface area (Å²) in [5.41, 5.74) is 3.87. The van der Waals surface area contributed by atoms with Crippen LogP contribution in [0.3, 0.4) is 0 Å². The van der Waals surface area contributed by atoms with Crippen molar-refractivity contribution >= 4 is 17.4 Å². The van der Waals surface area contributed by atoms with Crippen molar-refractivity contribution in [2.75, 3.05) is 7.11 Å². The second-order valence-electron chi connectivity index (χ2n) is 4.08. The maximum Gasteiger partial charge on any atom is 0.134 e. The number of halogens is 1. The van der Waals surface area contributed by atoms with Gasteiger partial charge >= 0.3 is 0 Å². The van der Waals surface area contributed by atoms with E-state index < -0.39 is 0 Å². The topological polar surface area (TPSA) is 26.3 Å². The normalized spacial score (nSPS) is 10.4. The third-order valence-corrected chi connectivity index (χ3v) is 3.49. The minimum absolute atomic E-state index is 0.112. The lowest BCUT2D eigenvalue weighted by molar-refractivity contribution is -0.116. The molecule has 0 spiro atoms. The first kappa shape index (κ1) is 13.0. The molecule has 0 aliphatic heterocycles. The van der Waals surface area contributed by atoms with E-state index >= 15 is 0 Å². The number of rotatable bonds is 3. The van der Waals surface area contributed by atoms with Gasteiger partial charge in [-0.15, -0.1) is 0 Å². The van der Waals surface area contributed by atoms with Crippen LogP contribution in [-0.2, 0) is 11.2 Å². The molecule has 1 aromatic rings. The van der Waals surface area contributed by atoms with Crippen LogP contribution in [0.1, 0.15) is 29.2 Å². The standard InChI is InChI=1S/C13H17ClO2/c1-7(15)6-11-10(4)12(14)8(2)9(3)13(11)16-5/h6H2,1-5H3. The Balaban J connectivity index is 3.50. The number of hydrogen-bond acceptors (Lipinski definition) is 2. The zero-order chi connectivity index (χ0) is 12.5. The lowest BCUT2D eigenvalue weighted by Gasteiger charge is -2.17. The van der Waals surface area contributed by atoms with Gasteiger partial charge in [0, 0.05) is 17.0 Å². The molecule has 1 rings (SSSR count). The number of benzene rings is 1. The third kappa shape index (κ3) is 2.22. The molecule has 0 saturated carbocycles. The van der Waals surface area contributed by atoms with E-state index in [9.17, 15) is 4.79 Å². The van der Waals surface area contributed by atoms with Gasteiger partial charge in [-0.25, -0.2) is 0 Å². The molecule has 0 unspecified atom stereocenters. The fourth-order valence-corrected chi connectivity index (χ4v) is 2.14. The van der Waals surface area contributed by atoms with Crippen LogP contribution in [0, 0.1) is 20.8 Å². The van der Waals surface area contributed by atoms with Gasteiger partial charge in [0.15, 0.2) is 0 Å². The Morgan fingerprint density at radius 2 is 1.75 bits per heavy atom. The summed E-state index contributed by atoms with van der Waals surface area (Å²) in [6.45, 7) is 7.42. The van der Waals surface area contributed by atoms with E-state index in [0.717, 1.165) is 33.0 Å². The molecule has 0 aliphatic rings. The van der Waals surface area contributed by atoms with Gasteiger partial charge in [0.2, 0.25) is 0 Å². The number of ether oxygens (including phenoxy) is 1. The highest BCUT2D eigenvalue weighted by Gasteiger charge is 2.17. The van der Waals surface area contributed by atoms with Crippen LogP contribution in [0.5, 0.6) is 5.75 Å². The molecule has 1 aromatic carbocycles. The summed E-state index contributed by atoms with van der Waals surface area (Å²) in [4.78, 5) is 11.2. The third-order valence-electron chi connectivity index (χ3n) is 2.92. The van der Waals surface area contributed by atoms with Crippen molar-refractivity contribution in [2.45, 2.75) is 34.1 Å². The quantitative estimate of drug-likeness (QED) is 0.810. The van der Waals surface area contributed by atoms with E-state index in [2.05, 4.69) is 0 Å². The van der Waals surface area contributed by atoms with E-state index in [1.165, 1.54) is 0 Å². The van der Waals surface area contributed by atoms with Crippen LogP contribution < -0.4 is 4.74 Å². The van der Waals surface area contributed by atoms with Gasteiger partial charge in [-0.2, -0.15) is 0 Å². The molecule has 0 N–H and O–H groups in total. The monoisotopic (exact) mass is 240 g/mol. The molecular weight excluding hydrogens is 224 g/mol. The molecule has 88 valence electrons. The Hall–Kier alpha value is -1.02.